The molecule has 0 aliphatic carbocycles. The second kappa shape index (κ2) is 11.9. The number of hydrogen-bond acceptors (Lipinski definition) is 5. The van der Waals surface area contributed by atoms with Crippen LogP contribution in [0.15, 0.2) is 66.9 Å². The molecule has 1 heterocycles. The van der Waals surface area contributed by atoms with Gasteiger partial charge in [0.05, 0.1) is 10.9 Å². The molecule has 0 aliphatic rings. The Balaban J connectivity index is 1.78. The molecular formula is C27H25ClN2O5. The van der Waals surface area contributed by atoms with Crippen LogP contribution in [0.4, 0.5) is 0 Å². The summed E-state index contributed by atoms with van der Waals surface area (Å²) in [4.78, 5) is 29.0. The SMILES string of the molecule is C=C(/C=c1/c(C(=O)O)cc(C(=O)NCCc2ccc(O)cc2)n/c1=C/C)OCc1ccc(Cl)cc1. The zero-order valence-electron chi connectivity index (χ0n) is 19.1. The van der Waals surface area contributed by atoms with Gasteiger partial charge in [0.25, 0.3) is 5.91 Å². The van der Waals surface area contributed by atoms with Crippen LogP contribution in [0.3, 0.4) is 0 Å². The summed E-state index contributed by atoms with van der Waals surface area (Å²) in [7, 11) is 0. The maximum Gasteiger partial charge on any atom is 0.336 e. The van der Waals surface area contributed by atoms with E-state index in [9.17, 15) is 19.8 Å². The molecule has 3 rings (SSSR count). The van der Waals surface area contributed by atoms with E-state index in [4.69, 9.17) is 16.3 Å². The number of allylic oxidation sites excluding steroid dienone is 1. The quantitative estimate of drug-likeness (QED) is 0.395. The van der Waals surface area contributed by atoms with Crippen molar-refractivity contribution in [1.29, 1.82) is 0 Å². The maximum atomic E-state index is 12.7. The number of carbonyl (C=O) groups is 2. The molecule has 0 atom stereocenters. The molecule has 35 heavy (non-hydrogen) atoms. The van der Waals surface area contributed by atoms with E-state index in [1.807, 2.05) is 12.1 Å². The van der Waals surface area contributed by atoms with Crippen molar-refractivity contribution in [3.63, 3.8) is 0 Å². The monoisotopic (exact) mass is 492 g/mol. The molecule has 1 aromatic heterocycles. The van der Waals surface area contributed by atoms with Gasteiger partial charge < -0.3 is 20.3 Å². The van der Waals surface area contributed by atoms with Gasteiger partial charge in [0.15, 0.2) is 0 Å². The fraction of sp³-hybridized carbons (Fsp3) is 0.148. The normalized spacial score (nSPS) is 11.8. The Bertz CT molecular complexity index is 1350. The minimum Gasteiger partial charge on any atom is -0.508 e. The molecule has 2 aromatic carbocycles. The summed E-state index contributed by atoms with van der Waals surface area (Å²) < 4.78 is 5.66. The molecule has 0 aliphatic heterocycles. The van der Waals surface area contributed by atoms with Crippen molar-refractivity contribution in [2.24, 2.45) is 0 Å². The van der Waals surface area contributed by atoms with E-state index >= 15 is 0 Å². The zero-order chi connectivity index (χ0) is 25.4. The van der Waals surface area contributed by atoms with Crippen molar-refractivity contribution in [3.8, 4) is 5.75 Å². The second-order valence-corrected chi connectivity index (χ2v) is 8.08. The number of phenolic OH excluding ortho intramolecular Hbond substituents is 1. The van der Waals surface area contributed by atoms with Crippen molar-refractivity contribution < 1.29 is 24.5 Å². The molecule has 7 nitrogen and oxygen atoms in total. The lowest BCUT2D eigenvalue weighted by Gasteiger charge is -2.09. The second-order valence-electron chi connectivity index (χ2n) is 7.65. The predicted molar refractivity (Wildman–Crippen MR) is 135 cm³/mol. The summed E-state index contributed by atoms with van der Waals surface area (Å²) in [6, 6.07) is 15.0. The molecule has 3 N–H and O–H groups in total. The average Bonchev–Trinajstić information content (AvgIpc) is 2.84. The molecule has 0 radical (unpaired) electrons. The van der Waals surface area contributed by atoms with Gasteiger partial charge in [-0.15, -0.1) is 0 Å². The number of amides is 1. The summed E-state index contributed by atoms with van der Waals surface area (Å²) in [6.45, 7) is 6.11. The smallest absolute Gasteiger partial charge is 0.336 e. The molecule has 0 fully saturated rings. The Labute approximate surface area is 207 Å². The van der Waals surface area contributed by atoms with Crippen LogP contribution in [0.1, 0.15) is 38.9 Å². The standard InChI is InChI=1S/C27H25ClN2O5/c1-3-24-22(14-17(2)35-16-19-4-8-20(28)9-5-19)23(27(33)34)15-25(30-24)26(32)29-13-12-18-6-10-21(31)11-7-18/h3-11,14-15,31H,2,12-13,16H2,1H3,(H,29,32)(H,33,34)/b22-14-,24-3+. The fourth-order valence-electron chi connectivity index (χ4n) is 3.27. The number of carbonyl (C=O) groups excluding carboxylic acids is 1. The number of carboxylic acid groups (broad SMARTS) is 1. The third-order valence-electron chi connectivity index (χ3n) is 5.10. The summed E-state index contributed by atoms with van der Waals surface area (Å²) in [5, 5.41) is 23.1. The number of nitrogens with zero attached hydrogens (tertiary/aromatic N) is 1. The first-order chi connectivity index (χ1) is 16.8. The highest BCUT2D eigenvalue weighted by atomic mass is 35.5. The van der Waals surface area contributed by atoms with Gasteiger partial charge in [-0.05, 0) is 60.9 Å². The highest BCUT2D eigenvalue weighted by Gasteiger charge is 2.15. The van der Waals surface area contributed by atoms with Gasteiger partial charge in [0.1, 0.15) is 23.8 Å². The summed E-state index contributed by atoms with van der Waals surface area (Å²) in [5.41, 5.74) is 1.72. The van der Waals surface area contributed by atoms with Crippen LogP contribution in [-0.4, -0.2) is 33.6 Å². The number of ether oxygens (including phenoxy) is 1. The molecule has 8 heteroatoms. The van der Waals surface area contributed by atoms with Gasteiger partial charge in [0, 0.05) is 16.8 Å². The van der Waals surface area contributed by atoms with Crippen LogP contribution in [0.25, 0.3) is 12.2 Å². The van der Waals surface area contributed by atoms with Crippen LogP contribution in [0.2, 0.25) is 5.02 Å². The van der Waals surface area contributed by atoms with Gasteiger partial charge in [-0.1, -0.05) is 48.5 Å². The topological polar surface area (TPSA) is 109 Å². The van der Waals surface area contributed by atoms with Gasteiger partial charge in [-0.2, -0.15) is 0 Å². The van der Waals surface area contributed by atoms with Crippen molar-refractivity contribution in [1.82, 2.24) is 10.3 Å². The van der Waals surface area contributed by atoms with E-state index in [1.54, 1.807) is 49.4 Å². The van der Waals surface area contributed by atoms with Crippen molar-refractivity contribution in [3.05, 3.63) is 105 Å². The van der Waals surface area contributed by atoms with Crippen LogP contribution in [0.5, 0.6) is 5.75 Å². The van der Waals surface area contributed by atoms with Crippen molar-refractivity contribution in [2.75, 3.05) is 6.54 Å². The Kier molecular flexibility index (Phi) is 8.64. The lowest BCUT2D eigenvalue weighted by molar-refractivity contribution is 0.0695. The number of benzene rings is 2. The minimum atomic E-state index is -1.20. The number of hydrogen-bond donors (Lipinski definition) is 3. The number of aromatic nitrogens is 1. The Morgan fingerprint density at radius 2 is 1.77 bits per heavy atom. The highest BCUT2D eigenvalue weighted by molar-refractivity contribution is 6.30. The lowest BCUT2D eigenvalue weighted by atomic mass is 10.1. The lowest BCUT2D eigenvalue weighted by Crippen LogP contribution is -2.38. The summed E-state index contributed by atoms with van der Waals surface area (Å²) >= 11 is 5.89. The van der Waals surface area contributed by atoms with E-state index < -0.39 is 11.9 Å². The van der Waals surface area contributed by atoms with E-state index in [0.29, 0.717) is 28.6 Å². The Morgan fingerprint density at radius 1 is 1.11 bits per heavy atom. The average molecular weight is 493 g/mol. The fourth-order valence-corrected chi connectivity index (χ4v) is 3.40. The number of rotatable bonds is 9. The molecular weight excluding hydrogens is 468 g/mol. The first-order valence-electron chi connectivity index (χ1n) is 10.8. The van der Waals surface area contributed by atoms with E-state index in [2.05, 4.69) is 16.9 Å². The number of carboxylic acids is 1. The number of nitrogens with one attached hydrogen (secondary N) is 1. The number of aromatic carboxylic acids is 1. The molecule has 1 amide bonds. The molecule has 0 unspecified atom stereocenters. The van der Waals surface area contributed by atoms with Crippen molar-refractivity contribution in [2.45, 2.75) is 20.0 Å². The first-order valence-corrected chi connectivity index (χ1v) is 11.2. The Morgan fingerprint density at radius 3 is 2.40 bits per heavy atom. The first kappa shape index (κ1) is 25.5. The zero-order valence-corrected chi connectivity index (χ0v) is 19.9. The minimum absolute atomic E-state index is 0.00829. The van der Waals surface area contributed by atoms with Crippen molar-refractivity contribution >= 4 is 35.6 Å². The van der Waals surface area contributed by atoms with Gasteiger partial charge >= 0.3 is 5.97 Å². The molecule has 0 saturated carbocycles. The number of halogens is 1. The molecule has 0 bridgehead atoms. The summed E-state index contributed by atoms with van der Waals surface area (Å²) in [5.74, 6) is -1.27. The molecule has 0 spiro atoms. The van der Waals surface area contributed by atoms with Gasteiger partial charge in [-0.25, -0.2) is 9.78 Å². The van der Waals surface area contributed by atoms with E-state index in [1.165, 1.54) is 12.1 Å². The number of phenols is 1. The highest BCUT2D eigenvalue weighted by Crippen LogP contribution is 2.12. The predicted octanol–water partition coefficient (Wildman–Crippen LogP) is 3.42. The molecule has 0 saturated heterocycles. The van der Waals surface area contributed by atoms with Crippen LogP contribution >= 0.6 is 11.6 Å². The molecule has 3 aromatic rings. The van der Waals surface area contributed by atoms with Crippen LogP contribution < -0.4 is 15.9 Å². The third-order valence-corrected chi connectivity index (χ3v) is 5.35. The number of aromatic hydroxyl groups is 1. The maximum absolute atomic E-state index is 12.7. The largest absolute Gasteiger partial charge is 0.508 e. The Hall–Kier alpha value is -4.10. The van der Waals surface area contributed by atoms with Gasteiger partial charge in [0.2, 0.25) is 0 Å². The van der Waals surface area contributed by atoms with E-state index in [0.717, 1.165) is 11.1 Å². The van der Waals surface area contributed by atoms with Gasteiger partial charge in [-0.3, -0.25) is 4.79 Å². The van der Waals surface area contributed by atoms with Crippen LogP contribution in [0, 0.1) is 0 Å². The number of pyridine rings is 1. The van der Waals surface area contributed by atoms with Crippen LogP contribution in [-0.2, 0) is 17.8 Å². The molecule has 180 valence electrons. The third kappa shape index (κ3) is 7.19. The van der Waals surface area contributed by atoms with E-state index in [-0.39, 0.29) is 29.4 Å². The summed E-state index contributed by atoms with van der Waals surface area (Å²) in [6.07, 6.45) is 3.66.